The van der Waals surface area contributed by atoms with Crippen molar-refractivity contribution in [3.63, 3.8) is 0 Å². The molecule has 1 unspecified atom stereocenters. The van der Waals surface area contributed by atoms with Crippen LogP contribution in [0.5, 0.6) is 0 Å². The van der Waals surface area contributed by atoms with Gasteiger partial charge in [0.2, 0.25) is 0 Å². The summed E-state index contributed by atoms with van der Waals surface area (Å²) < 4.78 is 6.77. The number of hydrogen-bond donors (Lipinski definition) is 0. The fourth-order valence-corrected chi connectivity index (χ4v) is 9.66. The van der Waals surface area contributed by atoms with Gasteiger partial charge in [-0.2, -0.15) is 22.0 Å². The number of aromatic nitrogens is 6. The summed E-state index contributed by atoms with van der Waals surface area (Å²) in [7, 11) is 1.31. The van der Waals surface area contributed by atoms with Crippen LogP contribution in [0.25, 0.3) is 87.3 Å². The van der Waals surface area contributed by atoms with Crippen LogP contribution in [0.4, 0.5) is 0 Å². The molecule has 6 aromatic carbocycles. The van der Waals surface area contributed by atoms with Crippen molar-refractivity contribution >= 4 is 83.6 Å². The fourth-order valence-electron chi connectivity index (χ4n) is 7.56. The second kappa shape index (κ2) is 10.5. The molecule has 0 N–H and O–H groups in total. The Bertz CT molecular complexity index is 3100. The first-order valence-corrected chi connectivity index (χ1v) is 17.4. The molecule has 1 atom stereocenters. The molecule has 6 nitrogen and oxygen atoms in total. The molecule has 11 rings (SSSR count). The topological polar surface area (TPSA) is 45.5 Å². The molecule has 0 aliphatic heterocycles. The monoisotopic (exact) mass is 827 g/mol. The maximum absolute atomic E-state index is 5.09. The predicted octanol–water partition coefficient (Wildman–Crippen LogP) is 10.2. The molecule has 0 fully saturated rings. The van der Waals surface area contributed by atoms with Crippen molar-refractivity contribution < 1.29 is 21.1 Å². The van der Waals surface area contributed by atoms with E-state index in [0.29, 0.717) is 0 Å². The molecule has 49 heavy (non-hydrogen) atoms. The average molecular weight is 828 g/mol. The SMILES string of the molecule is Cn1c(-p2ccc3ccc(-n4c5[c-]c6c(cc5c5ccccc54)c4ccccc4n6-n4ncc5ccccc54)[c-]c32)nc2ccccc21.[Pt+2]. The number of aryl methyl sites for hydroxylation is 1. The molecule has 0 radical (unpaired) electrons. The van der Waals surface area contributed by atoms with Crippen LogP contribution in [0.15, 0.2) is 133 Å². The molecule has 0 aliphatic carbocycles. The van der Waals surface area contributed by atoms with Crippen LogP contribution in [0.2, 0.25) is 0 Å². The van der Waals surface area contributed by atoms with Crippen LogP contribution in [-0.2, 0) is 28.1 Å². The molecule has 5 aromatic heterocycles. The predicted molar refractivity (Wildman–Crippen MR) is 198 cm³/mol. The Kier molecular flexibility index (Phi) is 6.15. The summed E-state index contributed by atoms with van der Waals surface area (Å²) >= 11 is 0. The Morgan fingerprint density at radius 3 is 2.14 bits per heavy atom. The Balaban J connectivity index is 0.00000306. The van der Waals surface area contributed by atoms with E-state index >= 15 is 0 Å². The molecule has 0 amide bonds. The van der Waals surface area contributed by atoms with Gasteiger partial charge in [0.1, 0.15) is 0 Å². The van der Waals surface area contributed by atoms with Crippen molar-refractivity contribution in [3.05, 3.63) is 145 Å². The van der Waals surface area contributed by atoms with Gasteiger partial charge >= 0.3 is 21.1 Å². The van der Waals surface area contributed by atoms with Gasteiger partial charge in [-0.15, -0.1) is 40.2 Å². The van der Waals surface area contributed by atoms with Crippen molar-refractivity contribution in [1.82, 2.24) is 28.7 Å². The van der Waals surface area contributed by atoms with E-state index in [0.717, 1.165) is 66.0 Å². The van der Waals surface area contributed by atoms with Gasteiger partial charge in [-0.05, 0) is 52.4 Å². The summed E-state index contributed by atoms with van der Waals surface area (Å²) in [5, 5.41) is 13.0. The van der Waals surface area contributed by atoms with Gasteiger partial charge in [0.15, 0.2) is 5.57 Å². The second-order valence-electron chi connectivity index (χ2n) is 12.4. The average Bonchev–Trinajstić information content (AvgIpc) is 3.94. The van der Waals surface area contributed by atoms with Crippen molar-refractivity contribution in [3.8, 4) is 11.3 Å². The Labute approximate surface area is 295 Å². The second-order valence-corrected chi connectivity index (χ2v) is 14.2. The van der Waals surface area contributed by atoms with Crippen LogP contribution in [0.3, 0.4) is 0 Å². The number of rotatable bonds is 3. The zero-order chi connectivity index (χ0) is 31.5. The molecule has 234 valence electrons. The van der Waals surface area contributed by atoms with E-state index in [1.165, 1.54) is 21.3 Å². The van der Waals surface area contributed by atoms with Gasteiger partial charge in [-0.1, -0.05) is 90.9 Å². The summed E-state index contributed by atoms with van der Waals surface area (Å²) in [4.78, 5) is 7.10. The minimum Gasteiger partial charge on any atom is -0.358 e. The molecule has 5 heterocycles. The third kappa shape index (κ3) is 3.93. The van der Waals surface area contributed by atoms with Gasteiger partial charge in [0, 0.05) is 18.0 Å². The summed E-state index contributed by atoms with van der Waals surface area (Å²) in [5.74, 6) is 2.32. The van der Waals surface area contributed by atoms with Gasteiger partial charge in [-0.3, -0.25) is 4.68 Å². The van der Waals surface area contributed by atoms with Crippen LogP contribution in [0.1, 0.15) is 0 Å². The molecule has 0 aliphatic rings. The first-order valence-electron chi connectivity index (χ1n) is 16.0. The molecule has 0 spiro atoms. The molecule has 11 aromatic rings. The third-order valence-corrected chi connectivity index (χ3v) is 11.9. The van der Waals surface area contributed by atoms with Gasteiger partial charge in [0.05, 0.1) is 28.3 Å². The van der Waals surface area contributed by atoms with E-state index in [4.69, 9.17) is 10.1 Å². The molecular formula is C41H25N6PPt. The maximum atomic E-state index is 5.09. The van der Waals surface area contributed by atoms with Crippen molar-refractivity contribution in [2.24, 2.45) is 7.05 Å². The quantitative estimate of drug-likeness (QED) is 0.167. The minimum atomic E-state index is -0.815. The number of fused-ring (bicyclic) bond motifs is 9. The van der Waals surface area contributed by atoms with Gasteiger partial charge in [0.25, 0.3) is 0 Å². The van der Waals surface area contributed by atoms with E-state index in [9.17, 15) is 0 Å². The van der Waals surface area contributed by atoms with Crippen molar-refractivity contribution in [1.29, 1.82) is 0 Å². The summed E-state index contributed by atoms with van der Waals surface area (Å²) in [6.45, 7) is 0. The molecule has 0 saturated carbocycles. The van der Waals surface area contributed by atoms with Gasteiger partial charge in [-0.25, -0.2) is 4.98 Å². The molecule has 0 saturated heterocycles. The molecule has 8 heteroatoms. The third-order valence-electron chi connectivity index (χ3n) is 9.78. The van der Waals surface area contributed by atoms with Crippen molar-refractivity contribution in [2.45, 2.75) is 0 Å². The van der Waals surface area contributed by atoms with E-state index in [2.05, 4.69) is 160 Å². The first-order chi connectivity index (χ1) is 23.7. The molecule has 0 bridgehead atoms. The summed E-state index contributed by atoms with van der Waals surface area (Å²) in [5.41, 5.74) is 9.51. The number of benzene rings is 6. The zero-order valence-electron chi connectivity index (χ0n) is 26.1. The van der Waals surface area contributed by atoms with Gasteiger partial charge < -0.3 is 9.13 Å². The Hall–Kier alpha value is -5.41. The standard InChI is InChI=1S/C41H25N6P.Pt/c1-44-37-17-9-5-13-33(37)43-41(44)48-21-20-26-18-19-28(22-40(26)48)45-35-15-7-3-11-29(35)31-23-32-30-12-4-8-16-36(30)46(39(32)24-38(31)45)47-34-14-6-2-10-27(34)25-42-47;/h2-21,23,25H,1H3;/q-2;+2. The number of para-hydroxylation sites is 5. The van der Waals surface area contributed by atoms with Crippen LogP contribution < -0.4 is 0 Å². The van der Waals surface area contributed by atoms with E-state index < -0.39 is 7.53 Å². The van der Waals surface area contributed by atoms with Crippen LogP contribution in [-0.4, -0.2) is 28.7 Å². The van der Waals surface area contributed by atoms with E-state index in [1.54, 1.807) is 0 Å². The number of imidazole rings is 1. The summed E-state index contributed by atoms with van der Waals surface area (Å²) in [6, 6.07) is 50.8. The minimum absolute atomic E-state index is 0. The molecular weight excluding hydrogens is 803 g/mol. The van der Waals surface area contributed by atoms with Crippen LogP contribution in [0, 0.1) is 12.1 Å². The maximum Gasteiger partial charge on any atom is 2.00 e. The van der Waals surface area contributed by atoms with Crippen LogP contribution >= 0.6 is 7.53 Å². The number of hydrogen-bond acceptors (Lipinski definition) is 2. The normalized spacial score (nSPS) is 12.4. The Morgan fingerprint density at radius 1 is 0.612 bits per heavy atom. The smallest absolute Gasteiger partial charge is 0.358 e. The largest absolute Gasteiger partial charge is 2.00 e. The van der Waals surface area contributed by atoms with E-state index in [1.807, 2.05) is 11.0 Å². The van der Waals surface area contributed by atoms with Crippen molar-refractivity contribution in [2.75, 3.05) is 0 Å². The van der Waals surface area contributed by atoms with E-state index in [-0.39, 0.29) is 21.1 Å². The fraction of sp³-hybridized carbons (Fsp3) is 0.0244. The first kappa shape index (κ1) is 28.6. The zero-order valence-corrected chi connectivity index (χ0v) is 29.3. The summed E-state index contributed by atoms with van der Waals surface area (Å²) in [6.07, 6.45) is 1.93. The Morgan fingerprint density at radius 2 is 1.31 bits per heavy atom. The number of nitrogens with zero attached hydrogens (tertiary/aromatic N) is 6.